The second-order valence-corrected chi connectivity index (χ2v) is 4.36. The number of benzene rings is 1. The van der Waals surface area contributed by atoms with Gasteiger partial charge in [0.15, 0.2) is 5.82 Å². The average molecular weight is 288 g/mol. The summed E-state index contributed by atoms with van der Waals surface area (Å²) >= 11 is 0. The smallest absolute Gasteiger partial charge is 0.337 e. The summed E-state index contributed by atoms with van der Waals surface area (Å²) in [4.78, 5) is 11.0. The first-order valence-corrected chi connectivity index (χ1v) is 5.91. The Balaban J connectivity index is 2.06. The maximum atomic E-state index is 12.7. The zero-order chi connectivity index (χ0) is 15.0. The Morgan fingerprint density at radius 3 is 2.57 bits per heavy atom. The van der Waals surface area contributed by atoms with Gasteiger partial charge in [0.25, 0.3) is 0 Å². The molecule has 104 valence electrons. The number of halogens is 3. The highest BCUT2D eigenvalue weighted by atomic mass is 19.4. The molecule has 0 amide bonds. The summed E-state index contributed by atoms with van der Waals surface area (Å²) in [5.74, 6) is 0.355. The molecular weight excluding hydrogens is 281 g/mol. The average Bonchev–Trinajstić information content (AvgIpc) is 2.89. The SMILES string of the molecule is N#Cc1ccc(-c2nc3ccc(C(F)(F)F)cc3[nH]2)nc1. The summed E-state index contributed by atoms with van der Waals surface area (Å²) in [7, 11) is 0. The molecule has 0 unspecified atom stereocenters. The molecule has 0 radical (unpaired) electrons. The summed E-state index contributed by atoms with van der Waals surface area (Å²) < 4.78 is 38.0. The normalized spacial score (nSPS) is 11.5. The highest BCUT2D eigenvalue weighted by molar-refractivity contribution is 5.79. The van der Waals surface area contributed by atoms with Crippen LogP contribution in [-0.2, 0) is 6.18 Å². The van der Waals surface area contributed by atoms with E-state index in [9.17, 15) is 13.2 Å². The lowest BCUT2D eigenvalue weighted by Crippen LogP contribution is -2.04. The van der Waals surface area contributed by atoms with E-state index in [1.54, 1.807) is 12.1 Å². The fourth-order valence-electron chi connectivity index (χ4n) is 1.91. The molecule has 1 N–H and O–H groups in total. The lowest BCUT2D eigenvalue weighted by Gasteiger charge is -2.05. The maximum Gasteiger partial charge on any atom is 0.416 e. The van der Waals surface area contributed by atoms with Gasteiger partial charge in [-0.1, -0.05) is 0 Å². The van der Waals surface area contributed by atoms with Crippen molar-refractivity contribution in [1.29, 1.82) is 5.26 Å². The predicted octanol–water partition coefficient (Wildman–Crippen LogP) is 3.52. The van der Waals surface area contributed by atoms with Gasteiger partial charge in [-0.15, -0.1) is 0 Å². The molecular formula is C14H7F3N4. The minimum absolute atomic E-state index is 0.283. The molecule has 0 saturated heterocycles. The van der Waals surface area contributed by atoms with E-state index in [1.807, 2.05) is 6.07 Å². The van der Waals surface area contributed by atoms with Gasteiger partial charge >= 0.3 is 6.18 Å². The quantitative estimate of drug-likeness (QED) is 0.745. The highest BCUT2D eigenvalue weighted by Gasteiger charge is 2.30. The molecule has 0 spiro atoms. The van der Waals surface area contributed by atoms with Gasteiger partial charge in [0.2, 0.25) is 0 Å². The number of H-pyrrole nitrogens is 1. The summed E-state index contributed by atoms with van der Waals surface area (Å²) in [5, 5.41) is 8.70. The van der Waals surface area contributed by atoms with Crippen LogP contribution in [0.4, 0.5) is 13.2 Å². The van der Waals surface area contributed by atoms with Crippen LogP contribution in [0, 0.1) is 11.3 Å². The van der Waals surface area contributed by atoms with E-state index in [0.717, 1.165) is 12.1 Å². The molecule has 21 heavy (non-hydrogen) atoms. The largest absolute Gasteiger partial charge is 0.416 e. The van der Waals surface area contributed by atoms with E-state index in [2.05, 4.69) is 15.0 Å². The number of hydrogen-bond acceptors (Lipinski definition) is 3. The van der Waals surface area contributed by atoms with Crippen LogP contribution in [0.15, 0.2) is 36.5 Å². The second kappa shape index (κ2) is 4.59. The number of rotatable bonds is 1. The molecule has 1 aromatic carbocycles. The van der Waals surface area contributed by atoms with Gasteiger partial charge in [0, 0.05) is 6.20 Å². The van der Waals surface area contributed by atoms with Crippen molar-refractivity contribution in [3.63, 3.8) is 0 Å². The van der Waals surface area contributed by atoms with Crippen LogP contribution in [-0.4, -0.2) is 15.0 Å². The van der Waals surface area contributed by atoms with Crippen molar-refractivity contribution in [3.05, 3.63) is 47.7 Å². The van der Waals surface area contributed by atoms with Gasteiger partial charge < -0.3 is 4.98 Å². The number of alkyl halides is 3. The molecule has 0 aliphatic carbocycles. The molecule has 0 fully saturated rings. The van der Waals surface area contributed by atoms with Crippen LogP contribution in [0.1, 0.15) is 11.1 Å². The van der Waals surface area contributed by atoms with E-state index < -0.39 is 11.7 Å². The Morgan fingerprint density at radius 1 is 1.14 bits per heavy atom. The first-order valence-electron chi connectivity index (χ1n) is 5.91. The van der Waals surface area contributed by atoms with E-state index in [1.165, 1.54) is 12.3 Å². The Bertz CT molecular complexity index is 841. The Hall–Kier alpha value is -2.88. The van der Waals surface area contributed by atoms with Crippen molar-refractivity contribution in [3.8, 4) is 17.6 Å². The van der Waals surface area contributed by atoms with Crippen LogP contribution in [0.25, 0.3) is 22.6 Å². The van der Waals surface area contributed by atoms with Crippen molar-refractivity contribution in [2.45, 2.75) is 6.18 Å². The number of nitriles is 1. The number of pyridine rings is 1. The highest BCUT2D eigenvalue weighted by Crippen LogP contribution is 2.31. The first kappa shape index (κ1) is 13.1. The molecule has 0 bridgehead atoms. The van der Waals surface area contributed by atoms with Crippen molar-refractivity contribution < 1.29 is 13.2 Å². The third-order valence-corrected chi connectivity index (χ3v) is 2.94. The lowest BCUT2D eigenvalue weighted by atomic mass is 10.2. The fraction of sp³-hybridized carbons (Fsp3) is 0.0714. The standard InChI is InChI=1S/C14H7F3N4/c15-14(16,17)9-2-4-10-12(5-9)21-13(20-10)11-3-1-8(6-18)7-19-11/h1-5,7H,(H,20,21). The summed E-state index contributed by atoms with van der Waals surface area (Å²) in [6, 6.07) is 8.39. The minimum atomic E-state index is -4.40. The minimum Gasteiger partial charge on any atom is -0.337 e. The third kappa shape index (κ3) is 2.43. The van der Waals surface area contributed by atoms with Gasteiger partial charge in [-0.05, 0) is 30.3 Å². The molecule has 0 atom stereocenters. The van der Waals surface area contributed by atoms with E-state index >= 15 is 0 Å². The van der Waals surface area contributed by atoms with Crippen LogP contribution in [0.3, 0.4) is 0 Å². The molecule has 0 aliphatic rings. The number of hydrogen-bond donors (Lipinski definition) is 1. The molecule has 0 saturated carbocycles. The Labute approximate surface area is 116 Å². The number of nitrogens with zero attached hydrogens (tertiary/aromatic N) is 3. The van der Waals surface area contributed by atoms with Gasteiger partial charge in [-0.3, -0.25) is 4.98 Å². The number of fused-ring (bicyclic) bond motifs is 1. The zero-order valence-corrected chi connectivity index (χ0v) is 10.4. The van der Waals surface area contributed by atoms with Crippen LogP contribution < -0.4 is 0 Å². The third-order valence-electron chi connectivity index (χ3n) is 2.94. The molecule has 0 aliphatic heterocycles. The zero-order valence-electron chi connectivity index (χ0n) is 10.4. The number of aromatic amines is 1. The second-order valence-electron chi connectivity index (χ2n) is 4.36. The van der Waals surface area contributed by atoms with Crippen molar-refractivity contribution in [2.24, 2.45) is 0 Å². The molecule has 2 heterocycles. The molecule has 7 heteroatoms. The molecule has 3 aromatic rings. The van der Waals surface area contributed by atoms with E-state index in [0.29, 0.717) is 22.6 Å². The molecule has 4 nitrogen and oxygen atoms in total. The summed E-state index contributed by atoms with van der Waals surface area (Å²) in [5.41, 5.74) is 0.820. The monoisotopic (exact) mass is 288 g/mol. The first-order chi connectivity index (χ1) is 9.97. The van der Waals surface area contributed by atoms with E-state index in [-0.39, 0.29) is 5.52 Å². The van der Waals surface area contributed by atoms with Gasteiger partial charge in [0.05, 0.1) is 22.2 Å². The van der Waals surface area contributed by atoms with E-state index in [4.69, 9.17) is 5.26 Å². The Morgan fingerprint density at radius 2 is 1.95 bits per heavy atom. The van der Waals surface area contributed by atoms with Crippen molar-refractivity contribution >= 4 is 11.0 Å². The van der Waals surface area contributed by atoms with Crippen molar-refractivity contribution in [1.82, 2.24) is 15.0 Å². The number of imidazole rings is 1. The van der Waals surface area contributed by atoms with Gasteiger partial charge in [-0.25, -0.2) is 4.98 Å². The van der Waals surface area contributed by atoms with Gasteiger partial charge in [-0.2, -0.15) is 18.4 Å². The lowest BCUT2D eigenvalue weighted by molar-refractivity contribution is -0.137. The number of aromatic nitrogens is 3. The Kier molecular flexibility index (Phi) is 2.87. The fourth-order valence-corrected chi connectivity index (χ4v) is 1.91. The summed E-state index contributed by atoms with van der Waals surface area (Å²) in [6.45, 7) is 0. The topological polar surface area (TPSA) is 65.4 Å². The summed E-state index contributed by atoms with van der Waals surface area (Å²) in [6.07, 6.45) is -3.02. The van der Waals surface area contributed by atoms with Crippen LogP contribution in [0.2, 0.25) is 0 Å². The predicted molar refractivity (Wildman–Crippen MR) is 69.0 cm³/mol. The van der Waals surface area contributed by atoms with Crippen LogP contribution in [0.5, 0.6) is 0 Å². The molecule has 3 rings (SSSR count). The maximum absolute atomic E-state index is 12.7. The van der Waals surface area contributed by atoms with Crippen molar-refractivity contribution in [2.75, 3.05) is 0 Å². The van der Waals surface area contributed by atoms with Gasteiger partial charge in [0.1, 0.15) is 11.8 Å². The number of nitrogens with one attached hydrogen (secondary N) is 1. The van der Waals surface area contributed by atoms with Crippen LogP contribution >= 0.6 is 0 Å². The molecule has 2 aromatic heterocycles.